The van der Waals surface area contributed by atoms with Crippen molar-refractivity contribution in [2.75, 3.05) is 18.4 Å². The first-order valence-electron chi connectivity index (χ1n) is 8.15. The average Bonchev–Trinajstić information content (AvgIpc) is 3.01. The minimum atomic E-state index is -0.344. The van der Waals surface area contributed by atoms with Gasteiger partial charge in [0, 0.05) is 24.2 Å². The van der Waals surface area contributed by atoms with Crippen LogP contribution in [0.15, 0.2) is 34.9 Å². The summed E-state index contributed by atoms with van der Waals surface area (Å²) >= 11 is 6.05. The molecule has 140 valence electrons. The molecule has 6 nitrogen and oxygen atoms in total. The van der Waals surface area contributed by atoms with Crippen molar-refractivity contribution in [1.29, 1.82) is 0 Å². The largest absolute Gasteiger partial charge is 0.469 e. The number of carbonyl (C=O) groups is 2. The van der Waals surface area contributed by atoms with E-state index in [0.29, 0.717) is 40.7 Å². The van der Waals surface area contributed by atoms with E-state index in [0.717, 1.165) is 12.8 Å². The van der Waals surface area contributed by atoms with Crippen molar-refractivity contribution >= 4 is 41.5 Å². The molecule has 0 atom stereocenters. The standard InChI is InChI=1S/C18H20ClN3O3.ClH/c1-11-14(6-9-25-11)17(23)21-16-10-12(19)2-3-15(16)18(24)22-7-4-13(20)5-8-22;/h2-3,6,9-10,13H,4-5,7-8,20H2,1H3,(H,21,23);1H. The van der Waals surface area contributed by atoms with E-state index < -0.39 is 0 Å². The predicted octanol–water partition coefficient (Wildman–Crippen LogP) is 3.48. The Morgan fingerprint density at radius 2 is 1.92 bits per heavy atom. The topological polar surface area (TPSA) is 88.6 Å². The third-order valence-corrected chi connectivity index (χ3v) is 4.63. The van der Waals surface area contributed by atoms with Crippen molar-refractivity contribution in [2.45, 2.75) is 25.8 Å². The van der Waals surface area contributed by atoms with Gasteiger partial charge in [-0.25, -0.2) is 0 Å². The highest BCUT2D eigenvalue weighted by Crippen LogP contribution is 2.25. The Morgan fingerprint density at radius 1 is 1.23 bits per heavy atom. The molecule has 0 aliphatic carbocycles. The number of hydrogen-bond acceptors (Lipinski definition) is 4. The molecule has 0 spiro atoms. The Morgan fingerprint density at radius 3 is 2.54 bits per heavy atom. The number of benzene rings is 1. The molecule has 2 heterocycles. The Labute approximate surface area is 163 Å². The first kappa shape index (κ1) is 20.3. The van der Waals surface area contributed by atoms with E-state index in [2.05, 4.69) is 5.32 Å². The van der Waals surface area contributed by atoms with Crippen molar-refractivity contribution in [2.24, 2.45) is 5.73 Å². The van der Waals surface area contributed by atoms with E-state index in [-0.39, 0.29) is 30.3 Å². The van der Waals surface area contributed by atoms with Gasteiger partial charge in [-0.15, -0.1) is 12.4 Å². The average molecular weight is 398 g/mol. The van der Waals surface area contributed by atoms with Gasteiger partial charge in [0.15, 0.2) is 0 Å². The van der Waals surface area contributed by atoms with Crippen LogP contribution < -0.4 is 11.1 Å². The highest BCUT2D eigenvalue weighted by atomic mass is 35.5. The molecule has 1 aromatic heterocycles. The molecule has 1 aromatic carbocycles. The van der Waals surface area contributed by atoms with Crippen LogP contribution in [0.5, 0.6) is 0 Å². The number of nitrogens with zero attached hydrogens (tertiary/aromatic N) is 1. The molecule has 2 amide bonds. The number of likely N-dealkylation sites (tertiary alicyclic amines) is 1. The lowest BCUT2D eigenvalue weighted by molar-refractivity contribution is 0.0716. The number of amides is 2. The molecule has 3 rings (SSSR count). The zero-order valence-electron chi connectivity index (χ0n) is 14.3. The quantitative estimate of drug-likeness (QED) is 0.829. The van der Waals surface area contributed by atoms with Crippen LogP contribution >= 0.6 is 24.0 Å². The minimum Gasteiger partial charge on any atom is -0.469 e. The fourth-order valence-electron chi connectivity index (χ4n) is 2.89. The van der Waals surface area contributed by atoms with Gasteiger partial charge in [-0.05, 0) is 44.0 Å². The summed E-state index contributed by atoms with van der Waals surface area (Å²) in [6.45, 7) is 2.92. The molecule has 1 aliphatic rings. The molecule has 8 heteroatoms. The van der Waals surface area contributed by atoms with Crippen LogP contribution in [-0.2, 0) is 0 Å². The van der Waals surface area contributed by atoms with Crippen LogP contribution in [-0.4, -0.2) is 35.8 Å². The summed E-state index contributed by atoms with van der Waals surface area (Å²) in [6, 6.07) is 6.58. The van der Waals surface area contributed by atoms with E-state index in [1.807, 2.05) is 0 Å². The van der Waals surface area contributed by atoms with Gasteiger partial charge in [0.05, 0.1) is 23.1 Å². The lowest BCUT2D eigenvalue weighted by Gasteiger charge is -2.30. The number of hydrogen-bond donors (Lipinski definition) is 2. The fourth-order valence-corrected chi connectivity index (χ4v) is 3.06. The monoisotopic (exact) mass is 397 g/mol. The summed E-state index contributed by atoms with van der Waals surface area (Å²) in [7, 11) is 0. The van der Waals surface area contributed by atoms with Gasteiger partial charge in [0.25, 0.3) is 11.8 Å². The summed E-state index contributed by atoms with van der Waals surface area (Å²) in [5.41, 5.74) is 7.12. The molecule has 1 aliphatic heterocycles. The number of nitrogens with one attached hydrogen (secondary N) is 1. The number of anilines is 1. The van der Waals surface area contributed by atoms with Gasteiger partial charge in [0.1, 0.15) is 5.76 Å². The highest BCUT2D eigenvalue weighted by Gasteiger charge is 2.24. The molecule has 0 bridgehead atoms. The second-order valence-electron chi connectivity index (χ2n) is 6.16. The molecule has 3 N–H and O–H groups in total. The van der Waals surface area contributed by atoms with E-state index >= 15 is 0 Å². The molecular weight excluding hydrogens is 377 g/mol. The third-order valence-electron chi connectivity index (χ3n) is 4.39. The molecule has 26 heavy (non-hydrogen) atoms. The maximum Gasteiger partial charge on any atom is 0.259 e. The summed E-state index contributed by atoms with van der Waals surface area (Å²) in [5, 5.41) is 3.21. The van der Waals surface area contributed by atoms with Crippen LogP contribution in [0.25, 0.3) is 0 Å². The molecule has 1 fully saturated rings. The van der Waals surface area contributed by atoms with Crippen LogP contribution in [0.1, 0.15) is 39.3 Å². The number of carbonyl (C=O) groups excluding carboxylic acids is 2. The van der Waals surface area contributed by atoms with Crippen molar-refractivity contribution in [3.63, 3.8) is 0 Å². The Hall–Kier alpha value is -2.02. The molecule has 1 saturated heterocycles. The van der Waals surface area contributed by atoms with Gasteiger partial charge in [-0.1, -0.05) is 11.6 Å². The number of aryl methyl sites for hydroxylation is 1. The summed E-state index contributed by atoms with van der Waals surface area (Å²) in [4.78, 5) is 27.0. The number of rotatable bonds is 3. The maximum atomic E-state index is 12.8. The Balaban J connectivity index is 0.00000243. The molecule has 0 saturated carbocycles. The Bertz CT molecular complexity index is 799. The van der Waals surface area contributed by atoms with Gasteiger partial charge >= 0.3 is 0 Å². The van der Waals surface area contributed by atoms with Crippen molar-refractivity contribution < 1.29 is 14.0 Å². The smallest absolute Gasteiger partial charge is 0.259 e. The number of nitrogens with two attached hydrogens (primary N) is 1. The van der Waals surface area contributed by atoms with Crippen LogP contribution in [0, 0.1) is 6.92 Å². The van der Waals surface area contributed by atoms with Gasteiger partial charge in [-0.2, -0.15) is 0 Å². The SMILES string of the molecule is Cc1occc1C(=O)Nc1cc(Cl)ccc1C(=O)N1CCC(N)CC1.Cl. The van der Waals surface area contributed by atoms with Crippen LogP contribution in [0.2, 0.25) is 5.02 Å². The highest BCUT2D eigenvalue weighted by molar-refractivity contribution is 6.31. The number of halogens is 2. The molecule has 0 unspecified atom stereocenters. The molecule has 0 radical (unpaired) electrons. The second-order valence-corrected chi connectivity index (χ2v) is 6.60. The van der Waals surface area contributed by atoms with E-state index in [4.69, 9.17) is 21.8 Å². The third kappa shape index (κ3) is 4.38. The lowest BCUT2D eigenvalue weighted by Crippen LogP contribution is -2.43. The van der Waals surface area contributed by atoms with E-state index in [1.165, 1.54) is 6.26 Å². The first-order valence-corrected chi connectivity index (χ1v) is 8.53. The number of piperidine rings is 1. The molecular formula is C18H21Cl2N3O3. The zero-order valence-corrected chi connectivity index (χ0v) is 15.9. The van der Waals surface area contributed by atoms with Crippen LogP contribution in [0.4, 0.5) is 5.69 Å². The lowest BCUT2D eigenvalue weighted by atomic mass is 10.0. The summed E-state index contributed by atoms with van der Waals surface area (Å²) in [5.74, 6) is 0.0310. The maximum absolute atomic E-state index is 12.8. The fraction of sp³-hybridized carbons (Fsp3) is 0.333. The minimum absolute atomic E-state index is 0. The van der Waals surface area contributed by atoms with Crippen molar-refractivity contribution in [1.82, 2.24) is 4.90 Å². The predicted molar refractivity (Wildman–Crippen MR) is 103 cm³/mol. The van der Waals surface area contributed by atoms with Crippen LogP contribution in [0.3, 0.4) is 0 Å². The van der Waals surface area contributed by atoms with Crippen molar-refractivity contribution in [3.05, 3.63) is 52.4 Å². The van der Waals surface area contributed by atoms with Gasteiger partial charge in [-0.3, -0.25) is 9.59 Å². The first-order chi connectivity index (χ1) is 12.0. The zero-order chi connectivity index (χ0) is 18.0. The van der Waals surface area contributed by atoms with Gasteiger partial charge < -0.3 is 20.4 Å². The Kier molecular flexibility index (Phi) is 6.69. The van der Waals surface area contributed by atoms with E-state index in [9.17, 15) is 9.59 Å². The van der Waals surface area contributed by atoms with E-state index in [1.54, 1.807) is 36.1 Å². The van der Waals surface area contributed by atoms with Crippen molar-refractivity contribution in [3.8, 4) is 0 Å². The normalized spacial score (nSPS) is 14.7. The van der Waals surface area contributed by atoms with Gasteiger partial charge in [0.2, 0.25) is 0 Å². The summed E-state index contributed by atoms with van der Waals surface area (Å²) < 4.78 is 5.16. The number of furan rings is 1. The second kappa shape index (κ2) is 8.58. The summed E-state index contributed by atoms with van der Waals surface area (Å²) in [6.07, 6.45) is 3.00. The molecule has 2 aromatic rings.